The molecule has 362 valence electrons. The number of thiazole rings is 2. The maximum absolute atomic E-state index is 15.4. The summed E-state index contributed by atoms with van der Waals surface area (Å²) in [5.41, 5.74) is 5.73. The lowest BCUT2D eigenvalue weighted by Gasteiger charge is -2.29. The van der Waals surface area contributed by atoms with E-state index in [9.17, 15) is 14.6 Å². The third-order valence-electron chi connectivity index (χ3n) is 13.2. The number of fused-ring (bicyclic) bond motifs is 2. The zero-order valence-corrected chi connectivity index (χ0v) is 41.2. The Morgan fingerprint density at radius 1 is 0.634 bits per heavy atom. The van der Waals surface area contributed by atoms with Gasteiger partial charge in [0, 0.05) is 88.0 Å². The van der Waals surface area contributed by atoms with E-state index < -0.39 is 23.8 Å². The highest BCUT2D eigenvalue weighted by atomic mass is 32.1. The third kappa shape index (κ3) is 10.8. The zero-order chi connectivity index (χ0) is 49.5. The molecule has 8 aromatic rings. The Labute approximate surface area is 419 Å². The van der Waals surface area contributed by atoms with Gasteiger partial charge in [0.15, 0.2) is 0 Å². The van der Waals surface area contributed by atoms with Gasteiger partial charge in [-0.2, -0.15) is 0 Å². The molecule has 4 aromatic carbocycles. The molecular formula is C55H52F2N8O4S2. The first-order valence-corrected chi connectivity index (χ1v) is 25.4. The van der Waals surface area contributed by atoms with Crippen molar-refractivity contribution in [3.63, 3.8) is 0 Å². The summed E-state index contributed by atoms with van der Waals surface area (Å²) in [6.45, 7) is 12.3. The van der Waals surface area contributed by atoms with Crippen LogP contribution in [0, 0.1) is 41.2 Å². The number of aliphatic hydroxyl groups is 2. The molecule has 2 saturated heterocycles. The molecule has 2 atom stereocenters. The van der Waals surface area contributed by atoms with Gasteiger partial charge in [-0.15, -0.1) is 29.1 Å². The van der Waals surface area contributed by atoms with Crippen LogP contribution >= 0.6 is 22.7 Å². The van der Waals surface area contributed by atoms with E-state index in [1.165, 1.54) is 34.8 Å². The molecule has 0 spiro atoms. The van der Waals surface area contributed by atoms with Gasteiger partial charge >= 0.3 is 0 Å². The first kappa shape index (κ1) is 49.2. The lowest BCUT2D eigenvalue weighted by atomic mass is 9.80. The molecule has 0 amide bonds. The summed E-state index contributed by atoms with van der Waals surface area (Å²) in [5, 5.41) is 27.7. The van der Waals surface area contributed by atoms with E-state index in [0.717, 1.165) is 62.2 Å². The van der Waals surface area contributed by atoms with E-state index in [1.807, 2.05) is 36.4 Å². The fourth-order valence-electron chi connectivity index (χ4n) is 8.82. The first-order valence-electron chi connectivity index (χ1n) is 23.6. The lowest BCUT2D eigenvalue weighted by Crippen LogP contribution is -2.36. The number of nitrogens with zero attached hydrogens (tertiary/aromatic N) is 8. The van der Waals surface area contributed by atoms with Gasteiger partial charge in [-0.25, -0.2) is 38.7 Å². The van der Waals surface area contributed by atoms with Crippen molar-refractivity contribution in [2.24, 2.45) is 5.41 Å². The van der Waals surface area contributed by atoms with Crippen LogP contribution in [-0.2, 0) is 9.47 Å². The highest BCUT2D eigenvalue weighted by Gasteiger charge is 2.24. The molecule has 16 heteroatoms. The molecule has 10 rings (SSSR count). The van der Waals surface area contributed by atoms with E-state index in [4.69, 9.17) is 25.9 Å². The molecule has 4 aromatic heterocycles. The average Bonchev–Trinajstić information content (AvgIpc) is 4.18. The highest BCUT2D eigenvalue weighted by molar-refractivity contribution is 7.09. The number of halogens is 2. The van der Waals surface area contributed by atoms with Crippen molar-refractivity contribution in [1.29, 1.82) is 0 Å². The summed E-state index contributed by atoms with van der Waals surface area (Å²) < 4.78 is 41.3. The second-order valence-electron chi connectivity index (χ2n) is 17.2. The summed E-state index contributed by atoms with van der Waals surface area (Å²) in [5.74, 6) is 8.80. The largest absolute Gasteiger partial charge is 0.381 e. The quantitative estimate of drug-likeness (QED) is 0.119. The summed E-state index contributed by atoms with van der Waals surface area (Å²) in [6, 6.07) is 20.9. The van der Waals surface area contributed by atoms with E-state index in [2.05, 4.69) is 68.3 Å². The molecule has 12 nitrogen and oxygen atoms in total. The van der Waals surface area contributed by atoms with Gasteiger partial charge in [0.2, 0.25) is 11.6 Å². The molecule has 71 heavy (non-hydrogen) atoms. The maximum atomic E-state index is 15.4. The molecular weight excluding hydrogens is 939 g/mol. The highest BCUT2D eigenvalue weighted by Crippen LogP contribution is 2.37. The number of hydrogen-bond donors (Lipinski definition) is 2. The van der Waals surface area contributed by atoms with Crippen LogP contribution < -0.4 is 9.80 Å². The first-order chi connectivity index (χ1) is 34.6. The van der Waals surface area contributed by atoms with Crippen molar-refractivity contribution in [3.05, 3.63) is 140 Å². The number of ether oxygens (including phenoxy) is 2. The second-order valence-corrected chi connectivity index (χ2v) is 19.0. The molecule has 0 saturated carbocycles. The summed E-state index contributed by atoms with van der Waals surface area (Å²) in [7, 11) is 0. The molecule has 2 aliphatic heterocycles. The Morgan fingerprint density at radius 2 is 1.08 bits per heavy atom. The minimum Gasteiger partial charge on any atom is -0.381 e. The zero-order valence-electron chi connectivity index (χ0n) is 39.6. The predicted octanol–water partition coefficient (Wildman–Crippen LogP) is 10.2. The van der Waals surface area contributed by atoms with Crippen molar-refractivity contribution in [2.75, 3.05) is 62.4 Å². The number of morpholine rings is 2. The van der Waals surface area contributed by atoms with Crippen LogP contribution in [0.15, 0.2) is 96.0 Å². The summed E-state index contributed by atoms with van der Waals surface area (Å²) in [6.07, 6.45) is 9.75. The van der Waals surface area contributed by atoms with E-state index in [-0.39, 0.29) is 16.8 Å². The number of aliphatic hydroxyl groups excluding tert-OH is 2. The van der Waals surface area contributed by atoms with Gasteiger partial charge in [0.25, 0.3) is 0 Å². The van der Waals surface area contributed by atoms with Crippen LogP contribution in [0.2, 0.25) is 0 Å². The van der Waals surface area contributed by atoms with Crippen LogP contribution in [-0.4, -0.2) is 92.7 Å². The fourth-order valence-corrected chi connectivity index (χ4v) is 10.1. The van der Waals surface area contributed by atoms with Gasteiger partial charge < -0.3 is 29.5 Å². The number of terminal acetylenes is 1. The SMILES string of the molecule is C#Cc1nc(-c2cc(C(O)c3nccs3)ccc2F)c2ccc(N3CCOCC3)cc2n1.CCC(C#Cc1nc(-c2cc(C(O)c3nccs3)ccc2F)c2ccc(N3CCOCC3)cc2n1)(CC)CC. The Morgan fingerprint density at radius 3 is 1.51 bits per heavy atom. The molecule has 0 bridgehead atoms. The minimum atomic E-state index is -0.956. The monoisotopic (exact) mass is 990 g/mol. The van der Waals surface area contributed by atoms with Gasteiger partial charge in [0.05, 0.1) is 48.8 Å². The van der Waals surface area contributed by atoms with Crippen LogP contribution in [0.25, 0.3) is 44.3 Å². The number of benzene rings is 4. The molecule has 0 aliphatic carbocycles. The van der Waals surface area contributed by atoms with Gasteiger partial charge in [0.1, 0.15) is 33.9 Å². The van der Waals surface area contributed by atoms with Crippen LogP contribution in [0.4, 0.5) is 20.2 Å². The molecule has 2 N–H and O–H groups in total. The van der Waals surface area contributed by atoms with E-state index in [1.54, 1.807) is 47.4 Å². The van der Waals surface area contributed by atoms with E-state index >= 15 is 4.39 Å². The van der Waals surface area contributed by atoms with Crippen LogP contribution in [0.5, 0.6) is 0 Å². The van der Waals surface area contributed by atoms with Crippen LogP contribution in [0.1, 0.15) is 85.0 Å². The minimum absolute atomic E-state index is 0.114. The molecule has 2 unspecified atom stereocenters. The average molecular weight is 991 g/mol. The van der Waals surface area contributed by atoms with Crippen molar-refractivity contribution in [3.8, 4) is 46.7 Å². The molecule has 2 aliphatic rings. The van der Waals surface area contributed by atoms with Crippen molar-refractivity contribution in [2.45, 2.75) is 52.2 Å². The third-order valence-corrected chi connectivity index (χ3v) is 14.9. The Balaban J connectivity index is 0.000000179. The Kier molecular flexibility index (Phi) is 15.3. The molecule has 0 radical (unpaired) electrons. The summed E-state index contributed by atoms with van der Waals surface area (Å²) in [4.78, 5) is 31.4. The number of hydrogen-bond acceptors (Lipinski definition) is 14. The standard InChI is InChI=1S/C31H33FN4O2S.C24H19FN4O2S/c1-4-31(5-2,6-3)12-11-27-34-26-20-22(36-14-16-38-17-15-36)8-9-23(26)28(35-27)24-19-21(7-10-25(24)32)29(37)30-33-13-18-39-30;1-2-21-27-20-14-16(29-8-10-31-11-9-29)4-5-17(20)22(28-21)18-13-15(3-6-19(18)25)23(30)24-26-7-12-32-24/h7-10,13,18-20,29,37H,4-6,14-17H2,1-3H3;1,3-7,12-14,23,30H,8-11H2. The van der Waals surface area contributed by atoms with Gasteiger partial charge in [-0.1, -0.05) is 38.8 Å². The summed E-state index contributed by atoms with van der Waals surface area (Å²) >= 11 is 2.69. The van der Waals surface area contributed by atoms with E-state index in [0.29, 0.717) is 86.8 Å². The van der Waals surface area contributed by atoms with Gasteiger partial charge in [-0.05, 0) is 103 Å². The lowest BCUT2D eigenvalue weighted by molar-refractivity contribution is 0.122. The number of anilines is 2. The van der Waals surface area contributed by atoms with Crippen molar-refractivity contribution >= 4 is 55.9 Å². The fraction of sp³-hybridized carbons (Fsp3) is 0.309. The predicted molar refractivity (Wildman–Crippen MR) is 276 cm³/mol. The molecule has 2 fully saturated rings. The maximum Gasteiger partial charge on any atom is 0.206 e. The van der Waals surface area contributed by atoms with Crippen molar-refractivity contribution in [1.82, 2.24) is 29.9 Å². The topological polar surface area (TPSA) is 143 Å². The Bertz CT molecular complexity index is 3240. The Hall–Kier alpha value is -6.76. The van der Waals surface area contributed by atoms with Crippen molar-refractivity contribution < 1.29 is 28.5 Å². The smallest absolute Gasteiger partial charge is 0.206 e. The number of rotatable bonds is 11. The normalized spacial score (nSPS) is 14.8. The second kappa shape index (κ2) is 22.1. The molecule has 6 heterocycles. The number of aromatic nitrogens is 6. The van der Waals surface area contributed by atoms with Crippen LogP contribution in [0.3, 0.4) is 0 Å². The van der Waals surface area contributed by atoms with Gasteiger partial charge in [-0.3, -0.25) is 0 Å².